The van der Waals surface area contributed by atoms with Crippen LogP contribution in [0.4, 0.5) is 11.4 Å². The Labute approximate surface area is 196 Å². The van der Waals surface area contributed by atoms with E-state index in [4.69, 9.17) is 4.74 Å². The van der Waals surface area contributed by atoms with Crippen molar-refractivity contribution >= 4 is 23.1 Å². The fourth-order valence-electron chi connectivity index (χ4n) is 6.06. The van der Waals surface area contributed by atoms with Crippen molar-refractivity contribution in [3.05, 3.63) is 93.1 Å². The van der Waals surface area contributed by atoms with Crippen LogP contribution in [0, 0.1) is 22.0 Å². The van der Waals surface area contributed by atoms with Crippen molar-refractivity contribution in [2.24, 2.45) is 11.8 Å². The normalized spacial score (nSPS) is 25.5. The van der Waals surface area contributed by atoms with Crippen molar-refractivity contribution in [2.45, 2.75) is 24.7 Å². The number of carbonyl (C=O) groups is 2. The second-order valence-corrected chi connectivity index (χ2v) is 9.61. The number of ether oxygens (including phenoxy) is 1. The number of nitrogens with zero attached hydrogens (tertiary/aromatic N) is 2. The third-order valence-electron chi connectivity index (χ3n) is 7.66. The highest BCUT2D eigenvalue weighted by Gasteiger charge is 2.42. The number of nitro groups is 1. The monoisotopic (exact) mass is 456 g/mol. The molecule has 172 valence electrons. The van der Waals surface area contributed by atoms with Crippen LogP contribution in [0.2, 0.25) is 0 Å². The summed E-state index contributed by atoms with van der Waals surface area (Å²) in [5.74, 6) is 0.755. The molecule has 2 aliphatic carbocycles. The summed E-state index contributed by atoms with van der Waals surface area (Å²) >= 11 is 0. The van der Waals surface area contributed by atoms with Crippen molar-refractivity contribution in [3.63, 3.8) is 0 Å². The van der Waals surface area contributed by atoms with Gasteiger partial charge in [0.25, 0.3) is 5.69 Å². The number of esters is 1. The number of hydrogen-bond donors (Lipinski definition) is 0. The quantitative estimate of drug-likeness (QED) is 0.211. The van der Waals surface area contributed by atoms with Gasteiger partial charge in [0.2, 0.25) is 0 Å². The summed E-state index contributed by atoms with van der Waals surface area (Å²) in [6, 6.07) is 9.21. The van der Waals surface area contributed by atoms with E-state index in [1.807, 2.05) is 12.1 Å². The minimum absolute atomic E-state index is 0.0934. The molecule has 4 aliphatic rings. The number of ketones is 1. The predicted octanol–water partition coefficient (Wildman–Crippen LogP) is 4.79. The second kappa shape index (κ2) is 7.94. The molecule has 2 aliphatic heterocycles. The first kappa shape index (κ1) is 20.8. The fourth-order valence-corrected chi connectivity index (χ4v) is 6.06. The number of carbonyl (C=O) groups excluding carboxylic acids is 2. The number of nitro benzene ring substituents is 1. The molecule has 2 heterocycles. The van der Waals surface area contributed by atoms with Gasteiger partial charge in [-0.05, 0) is 60.1 Å². The van der Waals surface area contributed by atoms with Gasteiger partial charge in [0.05, 0.1) is 10.5 Å². The van der Waals surface area contributed by atoms with Crippen LogP contribution in [0.5, 0.6) is 0 Å². The molecule has 7 heteroatoms. The molecule has 2 aromatic rings. The highest BCUT2D eigenvalue weighted by atomic mass is 16.6. The minimum atomic E-state index is -0.522. The summed E-state index contributed by atoms with van der Waals surface area (Å²) in [6.45, 7) is 1.69. The molecule has 0 unspecified atom stereocenters. The van der Waals surface area contributed by atoms with E-state index in [0.29, 0.717) is 29.2 Å². The summed E-state index contributed by atoms with van der Waals surface area (Å²) in [4.78, 5) is 38.3. The Kier molecular flexibility index (Phi) is 4.86. The first-order valence-electron chi connectivity index (χ1n) is 11.7. The van der Waals surface area contributed by atoms with E-state index in [0.717, 1.165) is 25.9 Å². The van der Waals surface area contributed by atoms with E-state index in [1.165, 1.54) is 41.1 Å². The number of anilines is 1. The van der Waals surface area contributed by atoms with Crippen LogP contribution in [0.25, 0.3) is 0 Å². The van der Waals surface area contributed by atoms with Crippen LogP contribution in [-0.2, 0) is 4.74 Å². The average molecular weight is 456 g/mol. The molecular weight excluding hydrogens is 432 g/mol. The molecule has 0 N–H and O–H groups in total. The maximum atomic E-state index is 13.0. The molecule has 0 aromatic heterocycles. The molecule has 0 saturated heterocycles. The summed E-state index contributed by atoms with van der Waals surface area (Å²) in [5, 5.41) is 10.8. The van der Waals surface area contributed by atoms with Crippen molar-refractivity contribution in [2.75, 3.05) is 24.6 Å². The number of allylic oxidation sites excluding steroid dienone is 4. The lowest BCUT2D eigenvalue weighted by molar-refractivity contribution is -0.384. The van der Waals surface area contributed by atoms with Crippen LogP contribution in [0.3, 0.4) is 0 Å². The van der Waals surface area contributed by atoms with Gasteiger partial charge in [-0.15, -0.1) is 0 Å². The summed E-state index contributed by atoms with van der Waals surface area (Å²) in [7, 11) is 0. The number of benzene rings is 2. The number of non-ortho nitro benzene ring substituents is 1. The lowest BCUT2D eigenvalue weighted by atomic mass is 9.74. The third-order valence-corrected chi connectivity index (χ3v) is 7.66. The number of fused-ring (bicyclic) bond motifs is 4. The molecule has 2 aromatic carbocycles. The fraction of sp³-hybridized carbons (Fsp3) is 0.333. The molecule has 0 radical (unpaired) electrons. The number of rotatable bonds is 5. The average Bonchev–Trinajstić information content (AvgIpc) is 3.52. The number of Topliss-reactive ketones (excluding diaryl/α,β-unsaturated/α-hetero) is 1. The smallest absolute Gasteiger partial charge is 0.338 e. The van der Waals surface area contributed by atoms with E-state index < -0.39 is 23.3 Å². The lowest BCUT2D eigenvalue weighted by Crippen LogP contribution is -2.43. The van der Waals surface area contributed by atoms with Crippen molar-refractivity contribution in [1.29, 1.82) is 0 Å². The Morgan fingerprint density at radius 3 is 2.09 bits per heavy atom. The molecular formula is C27H24N2O5. The van der Waals surface area contributed by atoms with Crippen molar-refractivity contribution in [3.8, 4) is 0 Å². The molecule has 0 bridgehead atoms. The Hall–Kier alpha value is -3.74. The Morgan fingerprint density at radius 1 is 0.941 bits per heavy atom. The SMILES string of the molecule is O=C(COC(=O)c1cc2c3c(c1)[C@H]1C=CC[C@H]1CN3C[C@H]1CC=C[C@H]21)c1ccc([N+](=O)[O-])cc1. The van der Waals surface area contributed by atoms with Crippen LogP contribution in [0.15, 0.2) is 60.7 Å². The maximum Gasteiger partial charge on any atom is 0.338 e. The zero-order chi connectivity index (χ0) is 23.4. The van der Waals surface area contributed by atoms with Gasteiger partial charge in [-0.1, -0.05) is 24.3 Å². The Morgan fingerprint density at radius 2 is 1.53 bits per heavy atom. The zero-order valence-electron chi connectivity index (χ0n) is 18.6. The van der Waals surface area contributed by atoms with Gasteiger partial charge in [0.1, 0.15) is 0 Å². The Balaban J connectivity index is 1.27. The van der Waals surface area contributed by atoms with Gasteiger partial charge in [0.15, 0.2) is 12.4 Å². The topological polar surface area (TPSA) is 89.8 Å². The predicted molar refractivity (Wildman–Crippen MR) is 126 cm³/mol. The van der Waals surface area contributed by atoms with Crippen LogP contribution >= 0.6 is 0 Å². The Bertz CT molecular complexity index is 1210. The largest absolute Gasteiger partial charge is 0.454 e. The highest BCUT2D eigenvalue weighted by molar-refractivity contribution is 5.99. The minimum Gasteiger partial charge on any atom is -0.454 e. The van der Waals surface area contributed by atoms with E-state index >= 15 is 0 Å². The molecule has 0 saturated carbocycles. The molecule has 34 heavy (non-hydrogen) atoms. The molecule has 0 amide bonds. The molecule has 4 atom stereocenters. The number of hydrogen-bond acceptors (Lipinski definition) is 6. The van der Waals surface area contributed by atoms with Gasteiger partial charge in [-0.25, -0.2) is 4.79 Å². The molecule has 0 fully saturated rings. The summed E-state index contributed by atoms with van der Waals surface area (Å²) in [5.41, 5.74) is 4.31. The second-order valence-electron chi connectivity index (χ2n) is 9.61. The van der Waals surface area contributed by atoms with Crippen LogP contribution in [-0.4, -0.2) is 36.4 Å². The third kappa shape index (κ3) is 3.34. The van der Waals surface area contributed by atoms with Crippen molar-refractivity contribution < 1.29 is 19.2 Å². The standard InChI is InChI=1S/C27H24N2O5/c30-25(16-7-9-20(10-8-16)29(32)33)15-34-27(31)19-11-23-21-5-1-3-17(21)13-28-14-18-4-2-6-22(18)24(12-19)26(23)28/h1-2,5-12,17-18,21-22H,3-4,13-15H2/t17-,18+,21-,22-/m0/s1. The van der Waals surface area contributed by atoms with E-state index in [-0.39, 0.29) is 11.3 Å². The first-order chi connectivity index (χ1) is 16.5. The maximum absolute atomic E-state index is 13.0. The summed E-state index contributed by atoms with van der Waals surface area (Å²) < 4.78 is 5.41. The lowest BCUT2D eigenvalue weighted by Gasteiger charge is -2.46. The van der Waals surface area contributed by atoms with Crippen LogP contribution in [0.1, 0.15) is 56.5 Å². The summed E-state index contributed by atoms with van der Waals surface area (Å²) in [6.07, 6.45) is 11.1. The van der Waals surface area contributed by atoms with Gasteiger partial charge in [0, 0.05) is 48.3 Å². The van der Waals surface area contributed by atoms with Crippen LogP contribution < -0.4 is 4.90 Å². The van der Waals surface area contributed by atoms with Crippen molar-refractivity contribution in [1.82, 2.24) is 0 Å². The van der Waals surface area contributed by atoms with E-state index in [2.05, 4.69) is 29.2 Å². The highest BCUT2D eigenvalue weighted by Crippen LogP contribution is 2.53. The molecule has 7 nitrogen and oxygen atoms in total. The van der Waals surface area contributed by atoms with E-state index in [1.54, 1.807) is 0 Å². The zero-order valence-corrected chi connectivity index (χ0v) is 18.6. The van der Waals surface area contributed by atoms with Gasteiger partial charge in [-0.3, -0.25) is 14.9 Å². The van der Waals surface area contributed by atoms with Gasteiger partial charge < -0.3 is 9.64 Å². The van der Waals surface area contributed by atoms with Gasteiger partial charge >= 0.3 is 5.97 Å². The molecule has 0 spiro atoms. The first-order valence-corrected chi connectivity index (χ1v) is 11.7. The molecule has 6 rings (SSSR count). The van der Waals surface area contributed by atoms with E-state index in [9.17, 15) is 19.7 Å². The van der Waals surface area contributed by atoms with Gasteiger partial charge in [-0.2, -0.15) is 0 Å².